The minimum absolute atomic E-state index is 0.339. The Kier molecular flexibility index (Phi) is 7.58. The molecule has 1 fully saturated rings. The molecule has 0 bridgehead atoms. The molecule has 1 saturated heterocycles. The largest absolute Gasteiger partial charge is 0.378 e. The van der Waals surface area contributed by atoms with Gasteiger partial charge >= 0.3 is 6.03 Å². The quantitative estimate of drug-likeness (QED) is 0.340. The molecule has 0 aliphatic carbocycles. The van der Waals surface area contributed by atoms with E-state index in [0.717, 1.165) is 11.3 Å². The lowest BCUT2D eigenvalue weighted by Crippen LogP contribution is -2.37. The average Bonchev–Trinajstić information content (AvgIpc) is 2.94. The summed E-state index contributed by atoms with van der Waals surface area (Å²) in [6, 6.07) is 20.4. The highest BCUT2D eigenvalue weighted by atomic mass is 16.5. The van der Waals surface area contributed by atoms with Gasteiger partial charge in [0, 0.05) is 42.5 Å². The predicted molar refractivity (Wildman–Crippen MR) is 145 cm³/mol. The van der Waals surface area contributed by atoms with Gasteiger partial charge in [0.2, 0.25) is 11.9 Å². The molecular weight excluding hydrogens is 468 g/mol. The summed E-state index contributed by atoms with van der Waals surface area (Å²) < 4.78 is 5.47. The maximum absolute atomic E-state index is 12.2. The van der Waals surface area contributed by atoms with Crippen LogP contribution in [0.1, 0.15) is 11.4 Å². The van der Waals surface area contributed by atoms with Crippen molar-refractivity contribution in [3.8, 4) is 0 Å². The van der Waals surface area contributed by atoms with Crippen molar-refractivity contribution in [1.82, 2.24) is 19.9 Å². The van der Waals surface area contributed by atoms with Gasteiger partial charge in [0.25, 0.3) is 0 Å². The minimum Gasteiger partial charge on any atom is -0.378 e. The zero-order valence-corrected chi connectivity index (χ0v) is 20.0. The van der Waals surface area contributed by atoms with Crippen molar-refractivity contribution in [2.24, 2.45) is 0 Å². The van der Waals surface area contributed by atoms with Crippen LogP contribution in [0.2, 0.25) is 0 Å². The number of ether oxygens (including phenoxy) is 1. The van der Waals surface area contributed by atoms with E-state index >= 15 is 0 Å². The number of morpholine rings is 1. The Labute approximate surface area is 214 Å². The maximum atomic E-state index is 12.2. The molecule has 37 heavy (non-hydrogen) atoms. The number of anilines is 5. The van der Waals surface area contributed by atoms with Gasteiger partial charge in [-0.2, -0.15) is 15.0 Å². The highest BCUT2D eigenvalue weighted by Gasteiger charge is 2.16. The number of nitrogens with one attached hydrogen (secondary N) is 3. The summed E-state index contributed by atoms with van der Waals surface area (Å²) in [6.07, 6.45) is 7.08. The lowest BCUT2D eigenvalue weighted by Gasteiger charge is -2.27. The lowest BCUT2D eigenvalue weighted by molar-refractivity contribution is 0.122. The van der Waals surface area contributed by atoms with Gasteiger partial charge in [-0.15, -0.1) is 0 Å². The number of hydrogen-bond acceptors (Lipinski definition) is 8. The first kappa shape index (κ1) is 23.9. The van der Waals surface area contributed by atoms with E-state index in [4.69, 9.17) is 4.74 Å². The van der Waals surface area contributed by atoms with Crippen LogP contribution in [0.5, 0.6) is 0 Å². The Hall–Kier alpha value is -4.83. The molecule has 10 nitrogen and oxygen atoms in total. The summed E-state index contributed by atoms with van der Waals surface area (Å²) in [5.74, 6) is 1.58. The van der Waals surface area contributed by atoms with E-state index in [2.05, 4.69) is 40.8 Å². The molecule has 1 aliphatic heterocycles. The summed E-state index contributed by atoms with van der Waals surface area (Å²) in [5, 5.41) is 8.82. The van der Waals surface area contributed by atoms with E-state index in [1.807, 2.05) is 54.6 Å². The second-order valence-electron chi connectivity index (χ2n) is 8.18. The van der Waals surface area contributed by atoms with Crippen LogP contribution >= 0.6 is 0 Å². The average molecular weight is 495 g/mol. The number of rotatable bonds is 7. The Balaban J connectivity index is 1.30. The van der Waals surface area contributed by atoms with Gasteiger partial charge in [-0.05, 0) is 48.0 Å². The van der Waals surface area contributed by atoms with Gasteiger partial charge in [0.05, 0.1) is 13.2 Å². The van der Waals surface area contributed by atoms with Crippen LogP contribution in [0.4, 0.5) is 33.8 Å². The first-order valence-electron chi connectivity index (χ1n) is 11.9. The molecule has 3 heterocycles. The zero-order chi connectivity index (χ0) is 25.3. The molecule has 4 aromatic rings. The van der Waals surface area contributed by atoms with Gasteiger partial charge < -0.3 is 25.6 Å². The van der Waals surface area contributed by atoms with Crippen molar-refractivity contribution < 1.29 is 9.53 Å². The third kappa shape index (κ3) is 6.86. The Morgan fingerprint density at radius 2 is 1.46 bits per heavy atom. The molecule has 186 valence electrons. The number of benzene rings is 2. The smallest absolute Gasteiger partial charge is 0.323 e. The molecule has 3 N–H and O–H groups in total. The monoisotopic (exact) mass is 494 g/mol. The SMILES string of the molecule is O=C(Nc1ccncc1)Nc1ccc(Nc2nc(/C=C/c3ccccc3)nc(N3CCOCC3)n2)cc1. The molecule has 1 aliphatic rings. The normalized spacial score (nSPS) is 13.4. The Bertz CT molecular complexity index is 1340. The van der Waals surface area contributed by atoms with Crippen molar-refractivity contribution >= 4 is 47.1 Å². The molecule has 2 amide bonds. The van der Waals surface area contributed by atoms with Crippen molar-refractivity contribution in [3.05, 3.63) is 90.5 Å². The summed E-state index contributed by atoms with van der Waals surface area (Å²) in [5.41, 5.74) is 3.14. The van der Waals surface area contributed by atoms with Crippen molar-refractivity contribution in [2.75, 3.05) is 47.2 Å². The van der Waals surface area contributed by atoms with E-state index in [1.165, 1.54) is 0 Å². The Morgan fingerprint density at radius 1 is 0.784 bits per heavy atom. The molecule has 2 aromatic carbocycles. The van der Waals surface area contributed by atoms with Crippen LogP contribution in [0.25, 0.3) is 12.2 Å². The fraction of sp³-hybridized carbons (Fsp3) is 0.148. The van der Waals surface area contributed by atoms with Crippen LogP contribution in [0, 0.1) is 0 Å². The van der Waals surface area contributed by atoms with Gasteiger partial charge in [0.15, 0.2) is 5.82 Å². The molecule has 0 radical (unpaired) electrons. The highest BCUT2D eigenvalue weighted by Crippen LogP contribution is 2.20. The third-order valence-corrected chi connectivity index (χ3v) is 5.50. The van der Waals surface area contributed by atoms with Crippen LogP contribution < -0.4 is 20.9 Å². The highest BCUT2D eigenvalue weighted by molar-refractivity contribution is 5.99. The molecule has 2 aromatic heterocycles. The van der Waals surface area contributed by atoms with Crippen LogP contribution in [-0.2, 0) is 4.74 Å². The second kappa shape index (κ2) is 11.7. The van der Waals surface area contributed by atoms with E-state index < -0.39 is 0 Å². The summed E-state index contributed by atoms with van der Waals surface area (Å²) >= 11 is 0. The first-order valence-corrected chi connectivity index (χ1v) is 11.9. The fourth-order valence-corrected chi connectivity index (χ4v) is 3.65. The van der Waals surface area contributed by atoms with Gasteiger partial charge in [-0.1, -0.05) is 36.4 Å². The van der Waals surface area contributed by atoms with Gasteiger partial charge in [-0.25, -0.2) is 4.79 Å². The number of nitrogens with zero attached hydrogens (tertiary/aromatic N) is 5. The standard InChI is InChI=1S/C27H26N8O2/c36-27(31-23-12-14-28-15-13-23)30-22-9-7-21(8-10-22)29-25-32-24(11-6-20-4-2-1-3-5-20)33-26(34-25)35-16-18-37-19-17-35/h1-15H,16-19H2,(H2,28,30,31,36)(H,29,32,33,34)/b11-6+. The molecular formula is C27H26N8O2. The molecule has 0 atom stereocenters. The molecule has 0 spiro atoms. The summed E-state index contributed by atoms with van der Waals surface area (Å²) in [6.45, 7) is 2.69. The number of urea groups is 1. The van der Waals surface area contributed by atoms with Crippen LogP contribution in [0.15, 0.2) is 79.1 Å². The van der Waals surface area contributed by atoms with Crippen molar-refractivity contribution in [3.63, 3.8) is 0 Å². The molecule has 5 rings (SSSR count). The zero-order valence-electron chi connectivity index (χ0n) is 20.0. The van der Waals surface area contributed by atoms with E-state index in [9.17, 15) is 4.79 Å². The predicted octanol–water partition coefficient (Wildman–Crippen LogP) is 4.66. The molecule has 10 heteroatoms. The lowest BCUT2D eigenvalue weighted by atomic mass is 10.2. The fourth-order valence-electron chi connectivity index (χ4n) is 3.65. The second-order valence-corrected chi connectivity index (χ2v) is 8.18. The number of hydrogen-bond donors (Lipinski definition) is 3. The van der Waals surface area contributed by atoms with E-state index in [-0.39, 0.29) is 6.03 Å². The van der Waals surface area contributed by atoms with Gasteiger partial charge in [-0.3, -0.25) is 4.98 Å². The number of aromatic nitrogens is 4. The minimum atomic E-state index is -0.339. The number of pyridine rings is 1. The van der Waals surface area contributed by atoms with Crippen LogP contribution in [-0.4, -0.2) is 52.3 Å². The maximum Gasteiger partial charge on any atom is 0.323 e. The first-order chi connectivity index (χ1) is 18.2. The molecule has 0 saturated carbocycles. The topological polar surface area (TPSA) is 117 Å². The number of carbonyl (C=O) groups is 1. The van der Waals surface area contributed by atoms with Crippen molar-refractivity contribution in [1.29, 1.82) is 0 Å². The van der Waals surface area contributed by atoms with E-state index in [0.29, 0.717) is 55.4 Å². The Morgan fingerprint density at radius 3 is 2.19 bits per heavy atom. The van der Waals surface area contributed by atoms with Crippen molar-refractivity contribution in [2.45, 2.75) is 0 Å². The summed E-state index contributed by atoms with van der Waals surface area (Å²) in [7, 11) is 0. The molecule has 0 unspecified atom stereocenters. The number of amides is 2. The summed E-state index contributed by atoms with van der Waals surface area (Å²) in [4.78, 5) is 32.2. The third-order valence-electron chi connectivity index (χ3n) is 5.50. The van der Waals surface area contributed by atoms with Crippen LogP contribution in [0.3, 0.4) is 0 Å². The van der Waals surface area contributed by atoms with E-state index in [1.54, 1.807) is 36.7 Å². The number of carbonyl (C=O) groups excluding carboxylic acids is 1. The van der Waals surface area contributed by atoms with Gasteiger partial charge in [0.1, 0.15) is 0 Å².